The van der Waals surface area contributed by atoms with Gasteiger partial charge in [0.15, 0.2) is 0 Å². The van der Waals surface area contributed by atoms with Crippen molar-refractivity contribution < 1.29 is 17.6 Å². The molecular weight excluding hydrogens is 397 g/mol. The molecule has 0 unspecified atom stereocenters. The molecule has 3 rings (SSSR count). The number of sulfonamides is 1. The third kappa shape index (κ3) is 4.84. The molecule has 10 heteroatoms. The Morgan fingerprint density at radius 2 is 1.83 bits per heavy atom. The van der Waals surface area contributed by atoms with Crippen molar-refractivity contribution in [2.75, 3.05) is 13.6 Å². The summed E-state index contributed by atoms with van der Waals surface area (Å²) >= 11 is 0. The van der Waals surface area contributed by atoms with E-state index in [9.17, 15) is 17.6 Å². The fourth-order valence-corrected chi connectivity index (χ4v) is 3.64. The number of hydrogen-bond donors (Lipinski definition) is 1. The number of nitrogens with zero attached hydrogens (tertiary/aromatic N) is 4. The summed E-state index contributed by atoms with van der Waals surface area (Å²) in [6, 6.07) is 11.6. The van der Waals surface area contributed by atoms with Crippen LogP contribution in [-0.4, -0.2) is 47.6 Å². The average Bonchev–Trinajstić information content (AvgIpc) is 3.26. The lowest BCUT2D eigenvalue weighted by Crippen LogP contribution is -2.39. The van der Waals surface area contributed by atoms with Crippen LogP contribution in [-0.2, 0) is 14.8 Å². The smallest absolute Gasteiger partial charge is 0.241 e. The lowest BCUT2D eigenvalue weighted by molar-refractivity contribution is -0.130. The fraction of sp³-hybridized carbons (Fsp3) is 0.211. The maximum Gasteiger partial charge on any atom is 0.241 e. The number of nitrogens with one attached hydrogen (secondary N) is 1. The molecule has 1 aromatic heterocycles. The third-order valence-corrected chi connectivity index (χ3v) is 5.99. The fourth-order valence-electron chi connectivity index (χ4n) is 2.67. The molecule has 1 heterocycles. The van der Waals surface area contributed by atoms with Gasteiger partial charge in [0.2, 0.25) is 15.9 Å². The van der Waals surface area contributed by atoms with E-state index in [0.29, 0.717) is 0 Å². The van der Waals surface area contributed by atoms with Gasteiger partial charge in [-0.2, -0.15) is 5.10 Å². The van der Waals surface area contributed by atoms with E-state index < -0.39 is 28.3 Å². The summed E-state index contributed by atoms with van der Waals surface area (Å²) in [7, 11) is -2.30. The van der Waals surface area contributed by atoms with Crippen LogP contribution in [0.1, 0.15) is 18.5 Å². The van der Waals surface area contributed by atoms with Crippen LogP contribution < -0.4 is 4.72 Å². The van der Waals surface area contributed by atoms with Gasteiger partial charge in [-0.3, -0.25) is 4.79 Å². The molecule has 0 saturated heterocycles. The molecule has 0 bridgehead atoms. The van der Waals surface area contributed by atoms with E-state index in [1.165, 1.54) is 11.2 Å². The zero-order valence-corrected chi connectivity index (χ0v) is 16.7. The second-order valence-corrected chi connectivity index (χ2v) is 8.16. The predicted molar refractivity (Wildman–Crippen MR) is 104 cm³/mol. The summed E-state index contributed by atoms with van der Waals surface area (Å²) in [5.41, 5.74) is 1.71. The Balaban J connectivity index is 1.62. The Morgan fingerprint density at radius 3 is 2.41 bits per heavy atom. The normalized spacial score (nSPS) is 12.5. The van der Waals surface area contributed by atoms with Crippen LogP contribution in [0.5, 0.6) is 0 Å². The molecule has 1 atom stereocenters. The largest absolute Gasteiger partial charge is 0.338 e. The Hall–Kier alpha value is -3.11. The van der Waals surface area contributed by atoms with Crippen LogP contribution in [0.15, 0.2) is 66.1 Å². The zero-order valence-electron chi connectivity index (χ0n) is 15.9. The maximum absolute atomic E-state index is 13.0. The highest BCUT2D eigenvalue weighted by atomic mass is 32.2. The van der Waals surface area contributed by atoms with Gasteiger partial charge < -0.3 is 4.90 Å². The highest BCUT2D eigenvalue weighted by Gasteiger charge is 2.21. The van der Waals surface area contributed by atoms with Crippen LogP contribution in [0.2, 0.25) is 0 Å². The third-order valence-electron chi connectivity index (χ3n) is 4.57. The van der Waals surface area contributed by atoms with Crippen LogP contribution in [0.25, 0.3) is 5.69 Å². The minimum absolute atomic E-state index is 0.105. The number of carbonyl (C=O) groups excluding carboxylic acids is 1. The monoisotopic (exact) mass is 417 g/mol. The van der Waals surface area contributed by atoms with Gasteiger partial charge in [-0.1, -0.05) is 12.1 Å². The van der Waals surface area contributed by atoms with E-state index in [1.807, 2.05) is 31.2 Å². The molecule has 0 aliphatic heterocycles. The molecule has 0 aliphatic carbocycles. The number of hydrogen-bond acceptors (Lipinski definition) is 5. The number of rotatable bonds is 7. The quantitative estimate of drug-likeness (QED) is 0.633. The zero-order chi connectivity index (χ0) is 21.0. The number of amides is 1. The van der Waals surface area contributed by atoms with Crippen molar-refractivity contribution in [1.29, 1.82) is 0 Å². The highest BCUT2D eigenvalue weighted by molar-refractivity contribution is 7.89. The van der Waals surface area contributed by atoms with E-state index in [2.05, 4.69) is 14.8 Å². The first-order chi connectivity index (χ1) is 13.8. The first-order valence-electron chi connectivity index (χ1n) is 8.74. The van der Waals surface area contributed by atoms with Gasteiger partial charge in [0, 0.05) is 7.05 Å². The van der Waals surface area contributed by atoms with Gasteiger partial charge >= 0.3 is 0 Å². The highest BCUT2D eigenvalue weighted by Crippen LogP contribution is 2.20. The second-order valence-electron chi connectivity index (χ2n) is 6.39. The Kier molecular flexibility index (Phi) is 6.04. The molecule has 2 aromatic carbocycles. The molecule has 1 N–H and O–H groups in total. The Morgan fingerprint density at radius 1 is 1.17 bits per heavy atom. The minimum Gasteiger partial charge on any atom is -0.338 e. The summed E-state index contributed by atoms with van der Waals surface area (Å²) < 4.78 is 41.3. The van der Waals surface area contributed by atoms with Crippen LogP contribution in [0.3, 0.4) is 0 Å². The molecule has 0 aliphatic rings. The molecule has 0 fully saturated rings. The first-order valence-corrected chi connectivity index (χ1v) is 10.2. The molecule has 8 nitrogen and oxygen atoms in total. The predicted octanol–water partition coefficient (Wildman–Crippen LogP) is 1.90. The Labute approximate surface area is 168 Å². The lowest BCUT2D eigenvalue weighted by Gasteiger charge is -2.25. The standard InChI is InChI=1S/C19H20FN5O3S/c1-14(15-3-7-17(8-4-15)25-13-21-12-22-25)24(2)19(26)11-23-29(27,28)18-9-5-16(20)6-10-18/h3-10,12-14,23H,11H2,1-2H3/t14-/m0/s1. The number of benzene rings is 2. The van der Waals surface area contributed by atoms with E-state index >= 15 is 0 Å². The minimum atomic E-state index is -3.91. The number of likely N-dealkylation sites (N-methyl/N-ethyl adjacent to an activating group) is 1. The molecule has 0 spiro atoms. The number of halogens is 1. The van der Waals surface area contributed by atoms with Crippen molar-refractivity contribution in [3.63, 3.8) is 0 Å². The van der Waals surface area contributed by atoms with E-state index in [4.69, 9.17) is 0 Å². The van der Waals surface area contributed by atoms with Gasteiger partial charge in [0.25, 0.3) is 0 Å². The van der Waals surface area contributed by atoms with Crippen molar-refractivity contribution in [1.82, 2.24) is 24.4 Å². The summed E-state index contributed by atoms with van der Waals surface area (Å²) in [6.07, 6.45) is 3.03. The first kappa shape index (κ1) is 20.6. The lowest BCUT2D eigenvalue weighted by atomic mass is 10.1. The number of carbonyl (C=O) groups is 1. The second kappa shape index (κ2) is 8.50. The molecule has 3 aromatic rings. The summed E-state index contributed by atoms with van der Waals surface area (Å²) in [6.45, 7) is 1.44. The van der Waals surface area contributed by atoms with Crippen LogP contribution in [0, 0.1) is 5.82 Å². The van der Waals surface area contributed by atoms with E-state index in [1.54, 1.807) is 18.1 Å². The maximum atomic E-state index is 13.0. The SMILES string of the molecule is C[C@@H](c1ccc(-n2cncn2)cc1)N(C)C(=O)CNS(=O)(=O)c1ccc(F)cc1. The van der Waals surface area contributed by atoms with Crippen molar-refractivity contribution in [3.05, 3.63) is 72.6 Å². The molecule has 152 valence electrons. The van der Waals surface area contributed by atoms with Crippen LogP contribution >= 0.6 is 0 Å². The van der Waals surface area contributed by atoms with Crippen molar-refractivity contribution in [2.45, 2.75) is 17.9 Å². The molecular formula is C19H20FN5O3S. The van der Waals surface area contributed by atoms with Gasteiger partial charge in [0.1, 0.15) is 18.5 Å². The summed E-state index contributed by atoms with van der Waals surface area (Å²) in [5, 5.41) is 4.06. The van der Waals surface area contributed by atoms with Crippen LogP contribution in [0.4, 0.5) is 4.39 Å². The van der Waals surface area contributed by atoms with Crippen molar-refractivity contribution in [2.24, 2.45) is 0 Å². The molecule has 29 heavy (non-hydrogen) atoms. The Bertz CT molecular complexity index is 1070. The van der Waals surface area contributed by atoms with Gasteiger partial charge in [0.05, 0.1) is 23.2 Å². The van der Waals surface area contributed by atoms with Gasteiger partial charge in [-0.15, -0.1) is 0 Å². The van der Waals surface area contributed by atoms with Gasteiger partial charge in [-0.25, -0.2) is 27.2 Å². The molecule has 0 radical (unpaired) electrons. The summed E-state index contributed by atoms with van der Waals surface area (Å²) in [4.78, 5) is 17.7. The van der Waals surface area contributed by atoms with Crippen molar-refractivity contribution in [3.8, 4) is 5.69 Å². The summed E-state index contributed by atoms with van der Waals surface area (Å²) in [5.74, 6) is -0.938. The van der Waals surface area contributed by atoms with Gasteiger partial charge in [-0.05, 0) is 48.9 Å². The molecule has 0 saturated carbocycles. The number of aromatic nitrogens is 3. The molecule has 1 amide bonds. The van der Waals surface area contributed by atoms with E-state index in [-0.39, 0.29) is 10.9 Å². The topological polar surface area (TPSA) is 97.2 Å². The average molecular weight is 417 g/mol. The van der Waals surface area contributed by atoms with E-state index in [0.717, 1.165) is 35.5 Å². The van der Waals surface area contributed by atoms with Crippen molar-refractivity contribution >= 4 is 15.9 Å².